The highest BCUT2D eigenvalue weighted by Crippen LogP contribution is 2.26. The van der Waals surface area contributed by atoms with Crippen LogP contribution in [0.25, 0.3) is 0 Å². The number of aryl methyl sites for hydroxylation is 1. The zero-order chi connectivity index (χ0) is 17.3. The lowest BCUT2D eigenvalue weighted by Crippen LogP contribution is -2.32. The number of carbonyl (C=O) groups is 1. The Hall–Kier alpha value is -2.64. The van der Waals surface area contributed by atoms with Crippen LogP contribution in [0.5, 0.6) is 0 Å². The lowest BCUT2D eigenvalue weighted by atomic mass is 10.1. The number of H-pyrrole nitrogens is 1. The van der Waals surface area contributed by atoms with E-state index in [-0.39, 0.29) is 23.9 Å². The molecule has 8 heteroatoms. The smallest absolute Gasteiger partial charge is 0.252 e. The molecule has 128 valence electrons. The monoisotopic (exact) mass is 330 g/mol. The van der Waals surface area contributed by atoms with Crippen molar-refractivity contribution in [2.45, 2.75) is 25.8 Å². The van der Waals surface area contributed by atoms with Crippen LogP contribution in [0, 0.1) is 6.92 Å². The number of hydrogen-bond acceptors (Lipinski definition) is 5. The van der Waals surface area contributed by atoms with Crippen LogP contribution in [0.1, 0.15) is 23.6 Å². The average Bonchev–Trinajstić information content (AvgIpc) is 3.16. The van der Waals surface area contributed by atoms with Gasteiger partial charge in [-0.2, -0.15) is 5.10 Å². The van der Waals surface area contributed by atoms with Crippen molar-refractivity contribution in [2.24, 2.45) is 0 Å². The summed E-state index contributed by atoms with van der Waals surface area (Å²) in [6.07, 6.45) is 4.41. The van der Waals surface area contributed by atoms with Crippen LogP contribution in [-0.2, 0) is 11.3 Å². The molecule has 0 aliphatic carbocycles. The van der Waals surface area contributed by atoms with Gasteiger partial charge in [0.25, 0.3) is 5.56 Å². The Bertz CT molecular complexity index is 794. The van der Waals surface area contributed by atoms with E-state index in [1.807, 2.05) is 32.1 Å². The van der Waals surface area contributed by atoms with Crippen LogP contribution in [0.4, 0.5) is 5.95 Å². The van der Waals surface area contributed by atoms with Crippen LogP contribution in [0.3, 0.4) is 0 Å². The number of nitrogens with zero attached hydrogens (tertiary/aromatic N) is 5. The summed E-state index contributed by atoms with van der Waals surface area (Å²) in [5.74, 6) is 0.668. The predicted molar refractivity (Wildman–Crippen MR) is 90.1 cm³/mol. The summed E-state index contributed by atoms with van der Waals surface area (Å²) >= 11 is 0. The van der Waals surface area contributed by atoms with Gasteiger partial charge >= 0.3 is 0 Å². The molecule has 3 rings (SSSR count). The number of carbonyl (C=O) groups excluding carboxylic acids is 1. The molecule has 1 fully saturated rings. The van der Waals surface area contributed by atoms with Crippen molar-refractivity contribution in [3.8, 4) is 0 Å². The molecule has 0 radical (unpaired) electrons. The number of nitrogens with one attached hydrogen (secondary N) is 1. The van der Waals surface area contributed by atoms with E-state index in [0.717, 1.165) is 17.7 Å². The third-order valence-electron chi connectivity index (χ3n) is 4.19. The second-order valence-electron chi connectivity index (χ2n) is 6.43. The van der Waals surface area contributed by atoms with Crippen molar-refractivity contribution >= 4 is 11.9 Å². The summed E-state index contributed by atoms with van der Waals surface area (Å²) in [4.78, 5) is 35.0. The average molecular weight is 330 g/mol. The standard InChI is InChI=1S/C16H22N6O2/c1-11-7-17-22(8-11)10-15(24)21-5-4-12(9-21)13-6-14(23)19-16(18-13)20(2)3/h6-8,12H,4-5,9-10H2,1-3H3,(H,18,19,23). The third-order valence-corrected chi connectivity index (χ3v) is 4.19. The molecule has 1 N–H and O–H groups in total. The van der Waals surface area contributed by atoms with Crippen LogP contribution in [0.15, 0.2) is 23.3 Å². The minimum Gasteiger partial charge on any atom is -0.348 e. The van der Waals surface area contributed by atoms with Crippen molar-refractivity contribution in [2.75, 3.05) is 32.1 Å². The number of aromatic nitrogens is 4. The number of likely N-dealkylation sites (tertiary alicyclic amines) is 1. The molecule has 2 aromatic heterocycles. The first-order valence-electron chi connectivity index (χ1n) is 7.98. The zero-order valence-corrected chi connectivity index (χ0v) is 14.2. The van der Waals surface area contributed by atoms with E-state index in [0.29, 0.717) is 19.0 Å². The van der Waals surface area contributed by atoms with E-state index in [1.165, 1.54) is 6.07 Å². The minimum atomic E-state index is -0.166. The quantitative estimate of drug-likeness (QED) is 0.874. The van der Waals surface area contributed by atoms with E-state index in [1.54, 1.807) is 15.8 Å². The van der Waals surface area contributed by atoms with Crippen molar-refractivity contribution < 1.29 is 4.79 Å². The van der Waals surface area contributed by atoms with Crippen LogP contribution >= 0.6 is 0 Å². The lowest BCUT2D eigenvalue weighted by Gasteiger charge is -2.17. The molecule has 24 heavy (non-hydrogen) atoms. The van der Waals surface area contributed by atoms with Gasteiger partial charge in [0.15, 0.2) is 0 Å². The van der Waals surface area contributed by atoms with Gasteiger partial charge in [-0.1, -0.05) is 0 Å². The molecule has 1 unspecified atom stereocenters. The van der Waals surface area contributed by atoms with E-state index >= 15 is 0 Å². The van der Waals surface area contributed by atoms with Gasteiger partial charge in [0.1, 0.15) is 6.54 Å². The van der Waals surface area contributed by atoms with Gasteiger partial charge in [-0.3, -0.25) is 19.3 Å². The molecule has 1 amide bonds. The lowest BCUT2D eigenvalue weighted by molar-refractivity contribution is -0.131. The number of aromatic amines is 1. The van der Waals surface area contributed by atoms with E-state index in [2.05, 4.69) is 15.1 Å². The summed E-state index contributed by atoms with van der Waals surface area (Å²) < 4.78 is 1.65. The molecule has 1 aliphatic heterocycles. The number of rotatable bonds is 4. The molecule has 1 saturated heterocycles. The molecule has 1 atom stereocenters. The molecule has 3 heterocycles. The summed E-state index contributed by atoms with van der Waals surface area (Å²) in [6.45, 7) is 3.45. The Morgan fingerprint density at radius 3 is 2.92 bits per heavy atom. The zero-order valence-electron chi connectivity index (χ0n) is 14.2. The molecular weight excluding hydrogens is 308 g/mol. The Kier molecular flexibility index (Phi) is 4.37. The maximum absolute atomic E-state index is 12.4. The molecule has 2 aromatic rings. The summed E-state index contributed by atoms with van der Waals surface area (Å²) in [5, 5.41) is 4.15. The molecule has 8 nitrogen and oxygen atoms in total. The largest absolute Gasteiger partial charge is 0.348 e. The maximum Gasteiger partial charge on any atom is 0.252 e. The third kappa shape index (κ3) is 3.47. The summed E-state index contributed by atoms with van der Waals surface area (Å²) in [6, 6.07) is 1.53. The van der Waals surface area contributed by atoms with Crippen molar-refractivity contribution in [1.29, 1.82) is 0 Å². The number of hydrogen-bond donors (Lipinski definition) is 1. The Morgan fingerprint density at radius 1 is 1.46 bits per heavy atom. The molecule has 0 spiro atoms. The van der Waals surface area contributed by atoms with Crippen LogP contribution in [-0.4, -0.2) is 57.7 Å². The maximum atomic E-state index is 12.4. The topological polar surface area (TPSA) is 87.1 Å². The normalized spacial score (nSPS) is 17.3. The van der Waals surface area contributed by atoms with Crippen molar-refractivity contribution in [1.82, 2.24) is 24.6 Å². The summed E-state index contributed by atoms with van der Waals surface area (Å²) in [5.41, 5.74) is 1.61. The van der Waals surface area contributed by atoms with Crippen molar-refractivity contribution in [3.05, 3.63) is 40.1 Å². The van der Waals surface area contributed by atoms with Crippen LogP contribution in [0.2, 0.25) is 0 Å². The van der Waals surface area contributed by atoms with Gasteiger partial charge in [0.2, 0.25) is 11.9 Å². The fourth-order valence-corrected chi connectivity index (χ4v) is 2.90. The van der Waals surface area contributed by atoms with E-state index < -0.39 is 0 Å². The first kappa shape index (κ1) is 16.2. The first-order chi connectivity index (χ1) is 11.4. The Balaban J connectivity index is 1.69. The Labute approximate surface area is 140 Å². The van der Waals surface area contributed by atoms with Gasteiger partial charge in [0, 0.05) is 45.4 Å². The Morgan fingerprint density at radius 2 is 2.25 bits per heavy atom. The summed E-state index contributed by atoms with van der Waals surface area (Å²) in [7, 11) is 3.66. The van der Waals surface area contributed by atoms with E-state index in [4.69, 9.17) is 0 Å². The highest BCUT2D eigenvalue weighted by molar-refractivity contribution is 5.76. The fourth-order valence-electron chi connectivity index (χ4n) is 2.90. The van der Waals surface area contributed by atoms with Gasteiger partial charge in [0.05, 0.1) is 11.9 Å². The number of amides is 1. The second kappa shape index (κ2) is 6.46. The van der Waals surface area contributed by atoms with Crippen LogP contribution < -0.4 is 10.5 Å². The predicted octanol–water partition coefficient (Wildman–Crippen LogP) is 0.357. The molecule has 0 bridgehead atoms. The highest BCUT2D eigenvalue weighted by Gasteiger charge is 2.29. The van der Waals surface area contributed by atoms with Gasteiger partial charge in [-0.05, 0) is 18.9 Å². The first-order valence-corrected chi connectivity index (χ1v) is 7.98. The van der Waals surface area contributed by atoms with Gasteiger partial charge < -0.3 is 9.80 Å². The van der Waals surface area contributed by atoms with E-state index in [9.17, 15) is 9.59 Å². The molecule has 0 aromatic carbocycles. The SMILES string of the molecule is Cc1cnn(CC(=O)N2CCC(c3cc(=O)[nH]c(N(C)C)n3)C2)c1. The highest BCUT2D eigenvalue weighted by atomic mass is 16.2. The number of anilines is 1. The van der Waals surface area contributed by atoms with Gasteiger partial charge in [-0.25, -0.2) is 4.98 Å². The minimum absolute atomic E-state index is 0.0401. The molecular formula is C16H22N6O2. The molecule has 1 aliphatic rings. The second-order valence-corrected chi connectivity index (χ2v) is 6.43. The molecule has 0 saturated carbocycles. The van der Waals surface area contributed by atoms with Crippen molar-refractivity contribution in [3.63, 3.8) is 0 Å². The van der Waals surface area contributed by atoms with Gasteiger partial charge in [-0.15, -0.1) is 0 Å². The fraction of sp³-hybridized carbons (Fsp3) is 0.500.